The van der Waals surface area contributed by atoms with Gasteiger partial charge < -0.3 is 5.32 Å². The van der Waals surface area contributed by atoms with Crippen molar-refractivity contribution in [3.8, 4) is 0 Å². The number of nitrogens with one attached hydrogen (secondary N) is 1. The lowest BCUT2D eigenvalue weighted by atomic mass is 9.86. The Labute approximate surface area is 163 Å². The average Bonchev–Trinajstić information content (AvgIpc) is 3.13. The van der Waals surface area contributed by atoms with E-state index >= 15 is 0 Å². The molecule has 1 fully saturated rings. The van der Waals surface area contributed by atoms with Crippen LogP contribution in [-0.2, 0) is 24.5 Å². The molecule has 2 aromatic rings. The summed E-state index contributed by atoms with van der Waals surface area (Å²) in [5.74, 6) is 0.253. The van der Waals surface area contributed by atoms with Crippen molar-refractivity contribution in [3.05, 3.63) is 41.1 Å². The van der Waals surface area contributed by atoms with Gasteiger partial charge in [-0.2, -0.15) is 5.10 Å². The van der Waals surface area contributed by atoms with Crippen molar-refractivity contribution in [1.82, 2.24) is 9.78 Å². The van der Waals surface area contributed by atoms with Crippen LogP contribution in [0.1, 0.15) is 41.6 Å². The van der Waals surface area contributed by atoms with E-state index in [0.717, 1.165) is 23.1 Å². The second-order valence-corrected chi connectivity index (χ2v) is 11.7. The number of aryl methyl sites for hydroxylation is 1. The second kappa shape index (κ2) is 6.41. The number of sulfone groups is 2. The van der Waals surface area contributed by atoms with E-state index in [0.29, 0.717) is 12.2 Å². The number of benzene rings is 1. The summed E-state index contributed by atoms with van der Waals surface area (Å²) in [7, 11) is -6.39. The number of rotatable bonds is 3. The molecule has 150 valence electrons. The number of carbonyl (C=O) groups is 1. The van der Waals surface area contributed by atoms with Gasteiger partial charge in [-0.15, -0.1) is 0 Å². The number of anilines is 1. The molecule has 8 nitrogen and oxygen atoms in total. The first-order valence-electron chi connectivity index (χ1n) is 8.94. The van der Waals surface area contributed by atoms with E-state index in [1.807, 2.05) is 6.92 Å². The molecule has 0 spiro atoms. The molecule has 0 radical (unpaired) electrons. The number of aromatic nitrogens is 2. The van der Waals surface area contributed by atoms with Gasteiger partial charge in [-0.1, -0.05) is 12.1 Å². The lowest BCUT2D eigenvalue weighted by molar-refractivity contribution is -0.116. The second-order valence-electron chi connectivity index (χ2n) is 7.50. The van der Waals surface area contributed by atoms with Gasteiger partial charge >= 0.3 is 0 Å². The van der Waals surface area contributed by atoms with Gasteiger partial charge in [0.25, 0.3) is 0 Å². The van der Waals surface area contributed by atoms with Crippen LogP contribution in [0.2, 0.25) is 0 Å². The summed E-state index contributed by atoms with van der Waals surface area (Å²) >= 11 is 0. The van der Waals surface area contributed by atoms with Crippen molar-refractivity contribution < 1.29 is 21.6 Å². The maximum Gasteiger partial charge on any atom is 0.226 e. The minimum atomic E-state index is -3.30. The number of carbonyl (C=O) groups excluding carboxylic acids is 1. The van der Waals surface area contributed by atoms with E-state index in [1.165, 1.54) is 0 Å². The molecule has 0 saturated carbocycles. The van der Waals surface area contributed by atoms with Gasteiger partial charge in [-0.3, -0.25) is 4.79 Å². The first-order chi connectivity index (χ1) is 13.0. The van der Waals surface area contributed by atoms with Crippen LogP contribution in [0.3, 0.4) is 0 Å². The molecule has 1 aromatic carbocycles. The molecule has 2 aliphatic heterocycles. The van der Waals surface area contributed by atoms with Gasteiger partial charge in [0.2, 0.25) is 5.91 Å². The Hall–Kier alpha value is -2.20. The Morgan fingerprint density at radius 2 is 1.89 bits per heavy atom. The van der Waals surface area contributed by atoms with E-state index in [1.54, 1.807) is 28.9 Å². The maximum atomic E-state index is 12.4. The molecule has 1 N–H and O–H groups in total. The predicted octanol–water partition coefficient (Wildman–Crippen LogP) is 1.43. The molecule has 28 heavy (non-hydrogen) atoms. The van der Waals surface area contributed by atoms with Crippen LogP contribution in [0.5, 0.6) is 0 Å². The molecule has 1 saturated heterocycles. The van der Waals surface area contributed by atoms with E-state index < -0.39 is 19.7 Å². The fraction of sp³-hybridized carbons (Fsp3) is 0.444. The summed E-state index contributed by atoms with van der Waals surface area (Å²) < 4.78 is 48.8. The van der Waals surface area contributed by atoms with E-state index in [4.69, 9.17) is 0 Å². The third-order valence-electron chi connectivity index (χ3n) is 5.39. The van der Waals surface area contributed by atoms with Gasteiger partial charge in [0.1, 0.15) is 5.82 Å². The standard InChI is InChI=1S/C18H21N3O5S2/c1-11-17-15(12-3-5-14(6-4-12)27(2,23)24)9-16(22)19-18(17)21(20-11)13-7-8-28(25,26)10-13/h3-6,13,15H,7-10H2,1-2H3,(H,19,22)/t13-,15+/m0/s1. The van der Waals surface area contributed by atoms with Crippen molar-refractivity contribution >= 4 is 31.4 Å². The molecular formula is C18H21N3O5S2. The van der Waals surface area contributed by atoms with Crippen LogP contribution in [0.25, 0.3) is 0 Å². The minimum Gasteiger partial charge on any atom is -0.311 e. The Kier molecular flexibility index (Phi) is 4.38. The zero-order valence-corrected chi connectivity index (χ0v) is 17.2. The average molecular weight is 424 g/mol. The molecule has 0 aliphatic carbocycles. The number of fused-ring (bicyclic) bond motifs is 1. The molecular weight excluding hydrogens is 402 g/mol. The molecule has 10 heteroatoms. The highest BCUT2D eigenvalue weighted by Gasteiger charge is 2.37. The lowest BCUT2D eigenvalue weighted by Crippen LogP contribution is -2.26. The fourth-order valence-electron chi connectivity index (χ4n) is 4.04. The monoisotopic (exact) mass is 423 g/mol. The van der Waals surface area contributed by atoms with Gasteiger partial charge in [-0.05, 0) is 31.0 Å². The third-order valence-corrected chi connectivity index (χ3v) is 8.27. The predicted molar refractivity (Wildman–Crippen MR) is 104 cm³/mol. The molecule has 2 atom stereocenters. The van der Waals surface area contributed by atoms with Crippen LogP contribution in [-0.4, -0.2) is 50.3 Å². The van der Waals surface area contributed by atoms with Crippen molar-refractivity contribution in [3.63, 3.8) is 0 Å². The van der Waals surface area contributed by atoms with Crippen LogP contribution in [0.15, 0.2) is 29.2 Å². The highest BCUT2D eigenvalue weighted by Crippen LogP contribution is 2.41. The van der Waals surface area contributed by atoms with Gasteiger partial charge in [0.05, 0.1) is 28.1 Å². The number of hydrogen-bond donors (Lipinski definition) is 1. The largest absolute Gasteiger partial charge is 0.311 e. The normalized spacial score (nSPS) is 24.0. The quantitative estimate of drug-likeness (QED) is 0.799. The topological polar surface area (TPSA) is 115 Å². The fourth-order valence-corrected chi connectivity index (χ4v) is 6.36. The number of amides is 1. The van der Waals surface area contributed by atoms with Crippen LogP contribution in [0.4, 0.5) is 5.82 Å². The zero-order valence-electron chi connectivity index (χ0n) is 15.5. The summed E-state index contributed by atoms with van der Waals surface area (Å²) in [4.78, 5) is 12.6. The van der Waals surface area contributed by atoms with Gasteiger partial charge in [0.15, 0.2) is 19.7 Å². The molecule has 0 bridgehead atoms. The number of hydrogen-bond acceptors (Lipinski definition) is 6. The highest BCUT2D eigenvalue weighted by atomic mass is 32.2. The molecule has 2 aliphatic rings. The first kappa shape index (κ1) is 19.1. The molecule has 1 amide bonds. The Morgan fingerprint density at radius 1 is 1.21 bits per heavy atom. The Balaban J connectivity index is 1.77. The Morgan fingerprint density at radius 3 is 2.46 bits per heavy atom. The van der Waals surface area contributed by atoms with Crippen molar-refractivity contribution in [2.24, 2.45) is 0 Å². The van der Waals surface area contributed by atoms with E-state index in [9.17, 15) is 21.6 Å². The molecule has 4 rings (SSSR count). The lowest BCUT2D eigenvalue weighted by Gasteiger charge is -2.25. The summed E-state index contributed by atoms with van der Waals surface area (Å²) in [6, 6.07) is 6.24. The van der Waals surface area contributed by atoms with Crippen LogP contribution < -0.4 is 5.32 Å². The molecule has 3 heterocycles. The number of nitrogens with zero attached hydrogens (tertiary/aromatic N) is 2. The summed E-state index contributed by atoms with van der Waals surface area (Å²) in [5.41, 5.74) is 2.41. The summed E-state index contributed by atoms with van der Waals surface area (Å²) in [6.45, 7) is 1.84. The maximum absolute atomic E-state index is 12.4. The third kappa shape index (κ3) is 3.35. The first-order valence-corrected chi connectivity index (χ1v) is 12.7. The molecule has 0 unspecified atom stereocenters. The van der Waals surface area contributed by atoms with Gasteiger partial charge in [0, 0.05) is 24.2 Å². The molecule has 1 aromatic heterocycles. The van der Waals surface area contributed by atoms with E-state index in [-0.39, 0.29) is 40.7 Å². The summed E-state index contributed by atoms with van der Waals surface area (Å²) in [6.07, 6.45) is 1.85. The smallest absolute Gasteiger partial charge is 0.226 e. The van der Waals surface area contributed by atoms with Crippen molar-refractivity contribution in [2.75, 3.05) is 23.1 Å². The zero-order chi connectivity index (χ0) is 20.3. The minimum absolute atomic E-state index is 0.0180. The van der Waals surface area contributed by atoms with Crippen molar-refractivity contribution in [2.45, 2.75) is 36.6 Å². The van der Waals surface area contributed by atoms with Gasteiger partial charge in [-0.25, -0.2) is 21.5 Å². The SMILES string of the molecule is Cc1nn([C@H]2CCS(=O)(=O)C2)c2c1[C@@H](c1ccc(S(C)(=O)=O)cc1)CC(=O)N2. The Bertz CT molecular complexity index is 1160. The highest BCUT2D eigenvalue weighted by molar-refractivity contribution is 7.91. The van der Waals surface area contributed by atoms with Crippen LogP contribution >= 0.6 is 0 Å². The van der Waals surface area contributed by atoms with Crippen LogP contribution in [0, 0.1) is 6.92 Å². The van der Waals surface area contributed by atoms with Crippen molar-refractivity contribution in [1.29, 1.82) is 0 Å². The van der Waals surface area contributed by atoms with E-state index in [2.05, 4.69) is 10.4 Å². The summed E-state index contributed by atoms with van der Waals surface area (Å²) in [5, 5.41) is 7.41.